The summed E-state index contributed by atoms with van der Waals surface area (Å²) >= 11 is 0. The van der Waals surface area contributed by atoms with Gasteiger partial charge in [-0.05, 0) is 212 Å². The van der Waals surface area contributed by atoms with Gasteiger partial charge in [-0.3, -0.25) is 39.9 Å². The van der Waals surface area contributed by atoms with Gasteiger partial charge in [0.15, 0.2) is 0 Å². The second-order valence-corrected chi connectivity index (χ2v) is 23.2. The van der Waals surface area contributed by atoms with Crippen LogP contribution in [-0.4, -0.2) is 39.9 Å². The number of hydrogen-bond donors (Lipinski definition) is 0. The summed E-state index contributed by atoms with van der Waals surface area (Å²) in [6.45, 7) is 34.7. The molecule has 0 saturated heterocycles. The fourth-order valence-electron chi connectivity index (χ4n) is 13.4. The lowest BCUT2D eigenvalue weighted by molar-refractivity contribution is 1.11. The van der Waals surface area contributed by atoms with Crippen LogP contribution in [0, 0.1) is 111 Å². The standard InChI is InChI=1S/C72H70N12/c1-39-23-73-24-40(2)65(39)81(66-41(3)25-74-26-42(66)4)59-21-60(82(67-43(5)27-75-28-44(67)6)68-45(7)29-76-30-46(68)8)56-19-20-58-62(84(71-51(13)35-79-36-52(71)14)72-53(15)37-80-38-54(72)16)22-61(57-18-17-55(59)63(56)64(57)58)83(69-47(9)31-77-32-48(69)10)70-49(11)33-78-34-50(70)12/h17-38H,1-16H3. The molecule has 4 aromatic carbocycles. The first-order valence-electron chi connectivity index (χ1n) is 28.7. The van der Waals surface area contributed by atoms with Crippen molar-refractivity contribution in [3.63, 3.8) is 0 Å². The predicted molar refractivity (Wildman–Crippen MR) is 347 cm³/mol. The van der Waals surface area contributed by atoms with E-state index in [0.29, 0.717) is 0 Å². The lowest BCUT2D eigenvalue weighted by Crippen LogP contribution is -2.20. The fraction of sp³-hybridized carbons (Fsp3) is 0.222. The predicted octanol–water partition coefficient (Wildman–Crippen LogP) is 18.6. The van der Waals surface area contributed by atoms with Crippen LogP contribution in [0.5, 0.6) is 0 Å². The summed E-state index contributed by atoms with van der Waals surface area (Å²) in [7, 11) is 0. The number of hydrogen-bond acceptors (Lipinski definition) is 12. The maximum absolute atomic E-state index is 4.77. The van der Waals surface area contributed by atoms with Gasteiger partial charge >= 0.3 is 0 Å². The Morgan fingerprint density at radius 1 is 0.190 bits per heavy atom. The number of nitrogens with zero attached hydrogens (tertiary/aromatic N) is 12. The highest BCUT2D eigenvalue weighted by atomic mass is 15.2. The maximum atomic E-state index is 4.77. The zero-order chi connectivity index (χ0) is 59.2. The number of benzene rings is 4. The van der Waals surface area contributed by atoms with Crippen molar-refractivity contribution in [2.75, 3.05) is 19.6 Å². The van der Waals surface area contributed by atoms with Crippen molar-refractivity contribution in [2.45, 2.75) is 111 Å². The fourth-order valence-corrected chi connectivity index (χ4v) is 13.4. The van der Waals surface area contributed by atoms with E-state index >= 15 is 0 Å². The van der Waals surface area contributed by atoms with Crippen LogP contribution in [0.25, 0.3) is 32.3 Å². The SMILES string of the molecule is Cc1cncc(C)c1N(c1c(C)cncc1C)c1cc(N(c2c(C)cncc2C)c2c(C)cncc2C)c2ccc3c(N(c4c(C)cncc4C)c4c(C)cncc4C)cc(N(c4c(C)cncc4C)c4c(C)cncc4C)c4ccc1c2c43. The van der Waals surface area contributed by atoms with E-state index in [9.17, 15) is 0 Å². The van der Waals surface area contributed by atoms with Crippen molar-refractivity contribution < 1.29 is 0 Å². The molecule has 12 heteroatoms. The van der Waals surface area contributed by atoms with Gasteiger partial charge in [-0.25, -0.2) is 0 Å². The molecule has 12 rings (SSSR count). The van der Waals surface area contributed by atoms with Crippen LogP contribution in [0.3, 0.4) is 0 Å². The molecule has 12 nitrogen and oxygen atoms in total. The van der Waals surface area contributed by atoms with Crippen molar-refractivity contribution in [2.24, 2.45) is 0 Å². The number of pyridine rings is 8. The van der Waals surface area contributed by atoms with Gasteiger partial charge < -0.3 is 19.6 Å². The van der Waals surface area contributed by atoms with E-state index in [1.54, 1.807) is 0 Å². The Morgan fingerprint density at radius 3 is 0.429 bits per heavy atom. The highest BCUT2D eigenvalue weighted by Crippen LogP contribution is 2.58. The minimum atomic E-state index is 1.00. The van der Waals surface area contributed by atoms with Crippen LogP contribution in [0.2, 0.25) is 0 Å². The van der Waals surface area contributed by atoms with Crippen molar-refractivity contribution in [1.29, 1.82) is 0 Å². The molecule has 0 bridgehead atoms. The van der Waals surface area contributed by atoms with Crippen LogP contribution in [0.15, 0.2) is 136 Å². The van der Waals surface area contributed by atoms with Crippen molar-refractivity contribution in [3.8, 4) is 0 Å². The molecule has 0 aliphatic heterocycles. The van der Waals surface area contributed by atoms with Crippen molar-refractivity contribution >= 4 is 101 Å². The Hall–Kier alpha value is -9.68. The highest BCUT2D eigenvalue weighted by molar-refractivity contribution is 6.33. The molecule has 0 N–H and O–H groups in total. The number of aromatic nitrogens is 8. The largest absolute Gasteiger partial charge is 0.309 e. The summed E-state index contributed by atoms with van der Waals surface area (Å²) < 4.78 is 0. The van der Waals surface area contributed by atoms with Crippen LogP contribution in [-0.2, 0) is 0 Å². The molecule has 84 heavy (non-hydrogen) atoms. The molecule has 0 aliphatic carbocycles. The molecule has 0 radical (unpaired) electrons. The second kappa shape index (κ2) is 21.3. The molecule has 0 aliphatic rings. The summed E-state index contributed by atoms with van der Waals surface area (Å²) in [4.78, 5) is 48.1. The Bertz CT molecular complexity index is 3680. The topological polar surface area (TPSA) is 116 Å². The first kappa shape index (κ1) is 54.9. The average Bonchev–Trinajstić information content (AvgIpc) is 1.34. The molecule has 8 aromatic heterocycles. The third-order valence-electron chi connectivity index (χ3n) is 16.8. The van der Waals surface area contributed by atoms with Gasteiger partial charge in [0.25, 0.3) is 0 Å². The zero-order valence-corrected chi connectivity index (χ0v) is 51.1. The van der Waals surface area contributed by atoms with Crippen LogP contribution >= 0.6 is 0 Å². The minimum Gasteiger partial charge on any atom is -0.309 e. The average molecular weight is 1100 g/mol. The van der Waals surface area contributed by atoms with Crippen molar-refractivity contribution in [3.05, 3.63) is 225 Å². The van der Waals surface area contributed by atoms with Crippen LogP contribution < -0.4 is 19.6 Å². The zero-order valence-electron chi connectivity index (χ0n) is 51.1. The lowest BCUT2D eigenvalue weighted by atomic mass is 9.88. The van der Waals surface area contributed by atoms with Gasteiger partial charge in [-0.1, -0.05) is 24.3 Å². The van der Waals surface area contributed by atoms with E-state index in [-0.39, 0.29) is 0 Å². The van der Waals surface area contributed by atoms with E-state index < -0.39 is 0 Å². The number of rotatable bonds is 12. The molecule has 0 fully saturated rings. The van der Waals surface area contributed by atoms with E-state index in [1.165, 1.54) is 0 Å². The van der Waals surface area contributed by atoms with E-state index in [4.69, 9.17) is 39.9 Å². The van der Waals surface area contributed by atoms with Gasteiger partial charge in [0.05, 0.1) is 68.2 Å². The highest BCUT2D eigenvalue weighted by Gasteiger charge is 2.34. The molecule has 12 aromatic rings. The van der Waals surface area contributed by atoms with Gasteiger partial charge in [-0.2, -0.15) is 0 Å². The molecule has 8 heterocycles. The Balaban J connectivity index is 1.39. The first-order chi connectivity index (χ1) is 40.4. The van der Waals surface area contributed by atoms with E-state index in [2.05, 4.69) is 167 Å². The quantitative estimate of drug-likeness (QED) is 0.108. The molecule has 418 valence electrons. The normalized spacial score (nSPS) is 11.6. The van der Waals surface area contributed by atoms with Gasteiger partial charge in [0, 0.05) is 131 Å². The maximum Gasteiger partial charge on any atom is 0.0562 e. The number of aryl methyl sites for hydroxylation is 16. The monoisotopic (exact) mass is 1100 g/mol. The Morgan fingerprint density at radius 2 is 0.310 bits per heavy atom. The Kier molecular flexibility index (Phi) is 13.9. The Labute approximate surface area is 493 Å². The smallest absolute Gasteiger partial charge is 0.0562 e. The number of anilines is 12. The van der Waals surface area contributed by atoms with Crippen LogP contribution in [0.1, 0.15) is 89.0 Å². The third kappa shape index (κ3) is 8.81. The summed E-state index contributed by atoms with van der Waals surface area (Å²) in [5.74, 6) is 0. The molecular weight excluding hydrogens is 1030 g/mol. The van der Waals surface area contributed by atoms with Crippen molar-refractivity contribution in [1.82, 2.24) is 39.9 Å². The van der Waals surface area contributed by atoms with E-state index in [1.807, 2.05) is 99.1 Å². The minimum absolute atomic E-state index is 1.00. The summed E-state index contributed by atoms with van der Waals surface area (Å²) in [5, 5.41) is 6.51. The first-order valence-corrected chi connectivity index (χ1v) is 28.7. The third-order valence-corrected chi connectivity index (χ3v) is 16.8. The summed E-state index contributed by atoms with van der Waals surface area (Å²) in [6, 6.07) is 14.3. The van der Waals surface area contributed by atoms with Gasteiger partial charge in [0.1, 0.15) is 0 Å². The van der Waals surface area contributed by atoms with E-state index in [0.717, 1.165) is 190 Å². The molecule has 0 unspecified atom stereocenters. The molecule has 0 spiro atoms. The van der Waals surface area contributed by atoms with Crippen LogP contribution in [0.4, 0.5) is 68.2 Å². The molecule has 0 saturated carbocycles. The molecule has 0 amide bonds. The summed E-state index contributed by atoms with van der Waals surface area (Å²) in [5.41, 5.74) is 29.2. The lowest BCUT2D eigenvalue weighted by Gasteiger charge is -2.37. The summed E-state index contributed by atoms with van der Waals surface area (Å²) in [6.07, 6.45) is 31.7. The molecule has 0 atom stereocenters. The second-order valence-electron chi connectivity index (χ2n) is 23.2. The van der Waals surface area contributed by atoms with Gasteiger partial charge in [-0.15, -0.1) is 0 Å². The van der Waals surface area contributed by atoms with Gasteiger partial charge in [0.2, 0.25) is 0 Å². The molecular formula is C72H70N12.